The molecule has 1 amide bonds. The van der Waals surface area contributed by atoms with Crippen LogP contribution in [0.2, 0.25) is 0 Å². The summed E-state index contributed by atoms with van der Waals surface area (Å²) in [5, 5.41) is 4.46. The van der Waals surface area contributed by atoms with Gasteiger partial charge in [-0.15, -0.1) is 0 Å². The number of carbonyl (C=O) groups is 2. The number of benzene rings is 4. The number of carbonyl (C=O) groups excluding carboxylic acids is 2. The van der Waals surface area contributed by atoms with Crippen molar-refractivity contribution in [3.05, 3.63) is 114 Å². The molecule has 0 fully saturated rings. The molecule has 0 spiro atoms. The summed E-state index contributed by atoms with van der Waals surface area (Å²) in [5.74, 6) is -0.104. The summed E-state index contributed by atoms with van der Waals surface area (Å²) in [7, 11) is 0. The molecule has 4 rings (SSSR count). The smallest absolute Gasteiger partial charge is 0.408 e. The van der Waals surface area contributed by atoms with E-state index in [1.807, 2.05) is 97.1 Å². The van der Waals surface area contributed by atoms with Crippen molar-refractivity contribution >= 4 is 22.8 Å². The molecule has 0 aliphatic heterocycles. The van der Waals surface area contributed by atoms with Crippen LogP contribution in [-0.4, -0.2) is 18.1 Å². The average Bonchev–Trinajstić information content (AvgIpc) is 2.84. The Morgan fingerprint density at radius 2 is 1.34 bits per heavy atom. The molecule has 0 heterocycles. The monoisotopic (exact) mass is 425 g/mol. The van der Waals surface area contributed by atoms with Gasteiger partial charge < -0.3 is 14.8 Å². The van der Waals surface area contributed by atoms with Gasteiger partial charge in [-0.3, -0.25) is 0 Å². The van der Waals surface area contributed by atoms with Gasteiger partial charge in [0.15, 0.2) is 0 Å². The maximum absolute atomic E-state index is 13.1. The van der Waals surface area contributed by atoms with E-state index in [1.54, 1.807) is 6.07 Å². The van der Waals surface area contributed by atoms with Crippen LogP contribution in [0.5, 0.6) is 5.75 Å². The predicted molar refractivity (Wildman–Crippen MR) is 123 cm³/mol. The van der Waals surface area contributed by atoms with Crippen molar-refractivity contribution < 1.29 is 19.1 Å². The topological polar surface area (TPSA) is 64.6 Å². The Hall–Kier alpha value is -4.12. The van der Waals surface area contributed by atoms with Gasteiger partial charge in [0.1, 0.15) is 18.4 Å². The van der Waals surface area contributed by atoms with Crippen LogP contribution in [0.15, 0.2) is 103 Å². The van der Waals surface area contributed by atoms with Gasteiger partial charge in [-0.05, 0) is 22.6 Å². The van der Waals surface area contributed by atoms with E-state index in [4.69, 9.17) is 9.47 Å². The van der Waals surface area contributed by atoms with Crippen LogP contribution < -0.4 is 10.1 Å². The van der Waals surface area contributed by atoms with E-state index in [0.29, 0.717) is 5.75 Å². The Bertz CT molecular complexity index is 1190. The summed E-state index contributed by atoms with van der Waals surface area (Å²) >= 11 is 0. The van der Waals surface area contributed by atoms with Crippen LogP contribution in [0.4, 0.5) is 4.79 Å². The van der Waals surface area contributed by atoms with E-state index in [-0.39, 0.29) is 13.0 Å². The predicted octanol–water partition coefficient (Wildman–Crippen LogP) is 5.28. The van der Waals surface area contributed by atoms with E-state index in [0.717, 1.165) is 21.9 Å². The Balaban J connectivity index is 1.49. The van der Waals surface area contributed by atoms with Crippen molar-refractivity contribution in [3.63, 3.8) is 0 Å². The number of hydrogen-bond acceptors (Lipinski definition) is 4. The molecule has 0 bridgehead atoms. The highest BCUT2D eigenvalue weighted by Crippen LogP contribution is 2.25. The zero-order chi connectivity index (χ0) is 22.2. The van der Waals surface area contributed by atoms with Gasteiger partial charge in [0, 0.05) is 11.8 Å². The molecule has 0 saturated heterocycles. The highest BCUT2D eigenvalue weighted by atomic mass is 16.6. The van der Waals surface area contributed by atoms with Crippen LogP contribution in [0, 0.1) is 0 Å². The number of rotatable bonds is 7. The molecule has 0 unspecified atom stereocenters. The minimum absolute atomic E-state index is 0.114. The Morgan fingerprint density at radius 3 is 2.09 bits per heavy atom. The second-order valence-electron chi connectivity index (χ2n) is 7.35. The lowest BCUT2D eigenvalue weighted by atomic mass is 10.1. The van der Waals surface area contributed by atoms with Crippen molar-refractivity contribution in [2.75, 3.05) is 0 Å². The fraction of sp³-hybridized carbons (Fsp3) is 0.111. The lowest BCUT2D eigenvalue weighted by Gasteiger charge is -2.18. The van der Waals surface area contributed by atoms with Gasteiger partial charge in [-0.25, -0.2) is 9.59 Å². The fourth-order valence-electron chi connectivity index (χ4n) is 3.41. The third-order valence-corrected chi connectivity index (χ3v) is 5.03. The van der Waals surface area contributed by atoms with Gasteiger partial charge in [-0.2, -0.15) is 0 Å². The zero-order valence-corrected chi connectivity index (χ0v) is 17.4. The summed E-state index contributed by atoms with van der Waals surface area (Å²) in [5.41, 5.74) is 1.76. The SMILES string of the molecule is O=C(N[C@@H](Cc1ccccc1)C(=O)Oc1cccc2ccccc12)OCc1ccccc1. The molecule has 4 aromatic rings. The first kappa shape index (κ1) is 21.1. The molecule has 32 heavy (non-hydrogen) atoms. The molecule has 0 aliphatic rings. The van der Waals surface area contributed by atoms with Crippen molar-refractivity contribution in [1.82, 2.24) is 5.32 Å². The van der Waals surface area contributed by atoms with Gasteiger partial charge in [0.25, 0.3) is 0 Å². The van der Waals surface area contributed by atoms with Crippen molar-refractivity contribution in [2.45, 2.75) is 19.1 Å². The lowest BCUT2D eigenvalue weighted by molar-refractivity contribution is -0.136. The van der Waals surface area contributed by atoms with Gasteiger partial charge in [-0.1, -0.05) is 97.1 Å². The van der Waals surface area contributed by atoms with E-state index in [9.17, 15) is 9.59 Å². The highest BCUT2D eigenvalue weighted by Gasteiger charge is 2.24. The molecule has 5 nitrogen and oxygen atoms in total. The van der Waals surface area contributed by atoms with E-state index < -0.39 is 18.1 Å². The lowest BCUT2D eigenvalue weighted by Crippen LogP contribution is -2.44. The molecule has 1 atom stereocenters. The van der Waals surface area contributed by atoms with Crippen molar-refractivity contribution in [2.24, 2.45) is 0 Å². The van der Waals surface area contributed by atoms with Crippen LogP contribution in [0.1, 0.15) is 11.1 Å². The molecule has 0 saturated carbocycles. The van der Waals surface area contributed by atoms with Gasteiger partial charge >= 0.3 is 12.1 Å². The van der Waals surface area contributed by atoms with Crippen LogP contribution in [-0.2, 0) is 22.6 Å². The molecular weight excluding hydrogens is 402 g/mol. The largest absolute Gasteiger partial charge is 0.445 e. The molecule has 0 aliphatic carbocycles. The fourth-order valence-corrected chi connectivity index (χ4v) is 3.41. The number of amides is 1. The summed E-state index contributed by atoms with van der Waals surface area (Å²) in [4.78, 5) is 25.5. The van der Waals surface area contributed by atoms with E-state index in [1.165, 1.54) is 0 Å². The molecule has 0 radical (unpaired) electrons. The van der Waals surface area contributed by atoms with Gasteiger partial charge in [0.05, 0.1) is 0 Å². The maximum Gasteiger partial charge on any atom is 0.408 e. The molecule has 5 heteroatoms. The first-order chi connectivity index (χ1) is 15.7. The Morgan fingerprint density at radius 1 is 0.719 bits per heavy atom. The van der Waals surface area contributed by atoms with Crippen LogP contribution >= 0.6 is 0 Å². The number of nitrogens with one attached hydrogen (secondary N) is 1. The Kier molecular flexibility index (Phi) is 6.78. The van der Waals surface area contributed by atoms with E-state index >= 15 is 0 Å². The van der Waals surface area contributed by atoms with Crippen LogP contribution in [0.25, 0.3) is 10.8 Å². The quantitative estimate of drug-likeness (QED) is 0.323. The van der Waals surface area contributed by atoms with Gasteiger partial charge in [0.2, 0.25) is 0 Å². The zero-order valence-electron chi connectivity index (χ0n) is 17.4. The minimum Gasteiger partial charge on any atom is -0.445 e. The minimum atomic E-state index is -0.903. The number of fused-ring (bicyclic) bond motifs is 1. The normalized spacial score (nSPS) is 11.5. The molecule has 0 aromatic heterocycles. The second kappa shape index (κ2) is 10.3. The second-order valence-corrected chi connectivity index (χ2v) is 7.35. The number of ether oxygens (including phenoxy) is 2. The standard InChI is InChI=1S/C27H23NO4/c29-26(32-25-17-9-15-22-14-7-8-16-23(22)25)24(18-20-10-3-1-4-11-20)28-27(30)31-19-21-12-5-2-6-13-21/h1-17,24H,18-19H2,(H,28,30)/t24-/m0/s1. The summed E-state index contributed by atoms with van der Waals surface area (Å²) in [6, 6.07) is 31.1. The maximum atomic E-state index is 13.1. The highest BCUT2D eigenvalue weighted by molar-refractivity contribution is 5.91. The Labute approximate surface area is 186 Å². The number of esters is 1. The first-order valence-electron chi connectivity index (χ1n) is 10.4. The van der Waals surface area contributed by atoms with E-state index in [2.05, 4.69) is 5.32 Å². The molecule has 160 valence electrons. The van der Waals surface area contributed by atoms with Crippen LogP contribution in [0.3, 0.4) is 0 Å². The molecular formula is C27H23NO4. The summed E-state index contributed by atoms with van der Waals surface area (Å²) < 4.78 is 11.0. The van der Waals surface area contributed by atoms with Crippen molar-refractivity contribution in [3.8, 4) is 5.75 Å². The summed E-state index contributed by atoms with van der Waals surface area (Å²) in [6.45, 7) is 0.114. The molecule has 1 N–H and O–H groups in total. The third-order valence-electron chi connectivity index (χ3n) is 5.03. The third kappa shape index (κ3) is 5.52. The number of alkyl carbamates (subject to hydrolysis) is 1. The first-order valence-corrected chi connectivity index (χ1v) is 10.4. The summed E-state index contributed by atoms with van der Waals surface area (Å²) in [6.07, 6.45) is -0.394. The number of hydrogen-bond donors (Lipinski definition) is 1. The average molecular weight is 425 g/mol. The van der Waals surface area contributed by atoms with Crippen molar-refractivity contribution in [1.29, 1.82) is 0 Å². The molecule has 4 aromatic carbocycles.